The van der Waals surface area contributed by atoms with Crippen LogP contribution in [-0.4, -0.2) is 19.4 Å². The maximum absolute atomic E-state index is 10.2. The van der Waals surface area contributed by atoms with Crippen LogP contribution in [0.15, 0.2) is 0 Å². The number of rotatable bonds is 2. The lowest BCUT2D eigenvalue weighted by atomic mass is 10.1. The highest BCUT2D eigenvalue weighted by molar-refractivity contribution is 7.62. The van der Waals surface area contributed by atoms with Crippen molar-refractivity contribution in [2.75, 3.05) is 6.54 Å². The Balaban J connectivity index is 3.00. The number of carbonyl (C=O) groups excluding carboxylic acids is 1. The highest BCUT2D eigenvalue weighted by Crippen LogP contribution is 1.74. The summed E-state index contributed by atoms with van der Waals surface area (Å²) in [5.41, 5.74) is 0. The van der Waals surface area contributed by atoms with E-state index in [4.69, 9.17) is 0 Å². The lowest BCUT2D eigenvalue weighted by Gasteiger charge is -1.93. The molecule has 0 fully saturated rings. The van der Waals surface area contributed by atoms with Gasteiger partial charge in [-0.1, -0.05) is 0 Å². The Morgan fingerprint density at radius 3 is 2.71 bits per heavy atom. The van der Waals surface area contributed by atoms with E-state index in [2.05, 4.69) is 14.4 Å². The van der Waals surface area contributed by atoms with Crippen LogP contribution in [0.2, 0.25) is 0 Å². The zero-order chi connectivity index (χ0) is 5.70. The molecule has 39 valence electrons. The van der Waals surface area contributed by atoms with Crippen molar-refractivity contribution in [3.8, 4) is 0 Å². The van der Waals surface area contributed by atoms with Crippen LogP contribution in [-0.2, 0) is 0 Å². The minimum Gasteiger partial charge on any atom is -0.365 e. The van der Waals surface area contributed by atoms with Gasteiger partial charge in [-0.25, -0.2) is 0 Å². The molecule has 0 aliphatic rings. The molecular weight excluding hydrogens is 108 g/mol. The Kier molecular flexibility index (Phi) is 4.11. The minimum atomic E-state index is -0.0347. The van der Waals surface area contributed by atoms with Crippen molar-refractivity contribution in [1.82, 2.24) is 5.32 Å². The second-order valence-corrected chi connectivity index (χ2v) is 1.39. The van der Waals surface area contributed by atoms with Gasteiger partial charge in [0.25, 0.3) is 7.00 Å². The third-order valence-corrected chi connectivity index (χ3v) is 0.805. The molecule has 0 aliphatic carbocycles. The van der Waals surface area contributed by atoms with Crippen LogP contribution in [0.1, 0.15) is 6.92 Å². The smallest absolute Gasteiger partial charge is 0.259 e. The zero-order valence-electron chi connectivity index (χ0n) is 4.27. The summed E-state index contributed by atoms with van der Waals surface area (Å²) < 4.78 is 0. The third kappa shape index (κ3) is 3.80. The molecule has 0 bridgehead atoms. The molecule has 0 rings (SSSR count). The van der Waals surface area contributed by atoms with Gasteiger partial charge in [0.2, 0.25) is 0 Å². The van der Waals surface area contributed by atoms with Gasteiger partial charge in [0.1, 0.15) is 0 Å². The van der Waals surface area contributed by atoms with Crippen LogP contribution in [0.25, 0.3) is 0 Å². The van der Waals surface area contributed by atoms with Crippen LogP contribution >= 0.6 is 9.12 Å². The summed E-state index contributed by atoms with van der Waals surface area (Å²) in [6.07, 6.45) is 0. The second-order valence-electron chi connectivity index (χ2n) is 1.06. The molecule has 0 saturated heterocycles. The van der Waals surface area contributed by atoms with E-state index < -0.39 is 0 Å². The average Bonchev–Trinajstić information content (AvgIpc) is 1.68. The van der Waals surface area contributed by atoms with Gasteiger partial charge in [-0.05, 0) is 6.92 Å². The summed E-state index contributed by atoms with van der Waals surface area (Å²) in [6.45, 7) is 4.00. The average molecular weight is 116 g/mol. The SMILES string of the molecule is CCNC(=O)[B]P. The van der Waals surface area contributed by atoms with Crippen LogP contribution in [0.5, 0.6) is 0 Å². The van der Waals surface area contributed by atoms with Crippen molar-refractivity contribution >= 4 is 21.9 Å². The van der Waals surface area contributed by atoms with Crippen molar-refractivity contribution in [2.24, 2.45) is 0 Å². The quantitative estimate of drug-likeness (QED) is 0.405. The van der Waals surface area contributed by atoms with Crippen molar-refractivity contribution in [3.63, 3.8) is 0 Å². The summed E-state index contributed by atoms with van der Waals surface area (Å²) >= 11 is 0. The van der Waals surface area contributed by atoms with Crippen LogP contribution in [0, 0.1) is 0 Å². The molecule has 0 aliphatic heterocycles. The Morgan fingerprint density at radius 2 is 2.57 bits per heavy atom. The zero-order valence-corrected chi connectivity index (χ0v) is 5.42. The van der Waals surface area contributed by atoms with E-state index in [9.17, 15) is 4.79 Å². The normalized spacial score (nSPS) is 7.71. The van der Waals surface area contributed by atoms with E-state index >= 15 is 0 Å². The minimum absolute atomic E-state index is 0.0347. The van der Waals surface area contributed by atoms with Crippen molar-refractivity contribution < 1.29 is 4.79 Å². The standard InChI is InChI=1S/C3H8BNOP/c1-2-5-3(6)4-7/h2,7H2,1H3,(H,5,6). The van der Waals surface area contributed by atoms with Crippen LogP contribution in [0.4, 0.5) is 4.79 Å². The largest absolute Gasteiger partial charge is 0.365 e. The fourth-order valence-corrected chi connectivity index (χ4v) is 0.351. The molecule has 0 heterocycles. The molecule has 1 amide bonds. The van der Waals surface area contributed by atoms with Gasteiger partial charge >= 0.3 is 0 Å². The lowest BCUT2D eigenvalue weighted by Crippen LogP contribution is -2.23. The summed E-state index contributed by atoms with van der Waals surface area (Å²) in [5, 5.41) is 2.58. The summed E-state index contributed by atoms with van der Waals surface area (Å²) in [5.74, 6) is -0.0347. The maximum Gasteiger partial charge on any atom is 0.259 e. The van der Waals surface area contributed by atoms with Crippen molar-refractivity contribution in [2.45, 2.75) is 6.92 Å². The molecule has 1 unspecified atom stereocenters. The Hall–Kier alpha value is -0.0351. The first-order valence-corrected chi connectivity index (χ1v) is 2.80. The van der Waals surface area contributed by atoms with Gasteiger partial charge in [-0.15, -0.1) is 0 Å². The molecule has 0 aromatic heterocycles. The monoisotopic (exact) mass is 116 g/mol. The number of hydrogen-bond acceptors (Lipinski definition) is 1. The third-order valence-electron chi connectivity index (χ3n) is 0.502. The molecule has 0 spiro atoms. The number of hydrogen-bond donors (Lipinski definition) is 1. The molecule has 7 heavy (non-hydrogen) atoms. The van der Waals surface area contributed by atoms with Gasteiger partial charge in [0, 0.05) is 6.54 Å². The predicted octanol–water partition coefficient (Wildman–Crippen LogP) is 0.210. The summed E-state index contributed by atoms with van der Waals surface area (Å²) in [6, 6.07) is 0. The van der Waals surface area contributed by atoms with E-state index in [-0.39, 0.29) is 5.81 Å². The van der Waals surface area contributed by atoms with Gasteiger partial charge in [-0.2, -0.15) is 9.12 Å². The molecule has 1 radical (unpaired) electrons. The highest BCUT2D eigenvalue weighted by Gasteiger charge is 1.91. The van der Waals surface area contributed by atoms with E-state index in [1.807, 2.05) is 6.92 Å². The Labute approximate surface area is 46.5 Å². The molecule has 2 nitrogen and oxygen atoms in total. The molecule has 1 N–H and O–H groups in total. The van der Waals surface area contributed by atoms with Gasteiger partial charge in [0.15, 0.2) is 5.81 Å². The number of amides is 1. The highest BCUT2D eigenvalue weighted by atomic mass is 31.0. The van der Waals surface area contributed by atoms with E-state index in [0.717, 1.165) is 0 Å². The summed E-state index contributed by atoms with van der Waals surface area (Å²) in [7, 11) is 2.23. The Morgan fingerprint density at radius 1 is 2.00 bits per heavy atom. The van der Waals surface area contributed by atoms with Crippen LogP contribution < -0.4 is 5.32 Å². The first kappa shape index (κ1) is 6.96. The van der Waals surface area contributed by atoms with E-state index in [1.54, 1.807) is 0 Å². The molecule has 0 aromatic carbocycles. The maximum atomic E-state index is 10.2. The Bertz CT molecular complexity index is 68.0. The fraction of sp³-hybridized carbons (Fsp3) is 0.667. The molecule has 1 atom stereocenters. The number of nitrogens with one attached hydrogen (secondary N) is 1. The summed E-state index contributed by atoms with van der Waals surface area (Å²) in [4.78, 5) is 10.2. The topological polar surface area (TPSA) is 29.1 Å². The van der Waals surface area contributed by atoms with E-state index in [1.165, 1.54) is 7.00 Å². The van der Waals surface area contributed by atoms with Crippen molar-refractivity contribution in [1.29, 1.82) is 0 Å². The van der Waals surface area contributed by atoms with Gasteiger partial charge in [-0.3, -0.25) is 4.79 Å². The first-order valence-electron chi connectivity index (χ1n) is 2.14. The molecular formula is C3H8BNOP. The van der Waals surface area contributed by atoms with Gasteiger partial charge in [0.05, 0.1) is 0 Å². The second kappa shape index (κ2) is 4.13. The predicted molar refractivity (Wildman–Crippen MR) is 34.5 cm³/mol. The van der Waals surface area contributed by atoms with Gasteiger partial charge < -0.3 is 5.32 Å². The van der Waals surface area contributed by atoms with Crippen molar-refractivity contribution in [3.05, 3.63) is 0 Å². The van der Waals surface area contributed by atoms with E-state index in [0.29, 0.717) is 6.54 Å². The first-order chi connectivity index (χ1) is 3.31. The fourth-order valence-electron chi connectivity index (χ4n) is 0.233. The lowest BCUT2D eigenvalue weighted by molar-refractivity contribution is 0.260. The molecule has 4 heteroatoms. The molecule has 0 aromatic rings. The molecule has 0 saturated carbocycles. The number of carbonyl (C=O) groups is 1. The van der Waals surface area contributed by atoms with Crippen LogP contribution in [0.3, 0.4) is 0 Å².